The summed E-state index contributed by atoms with van der Waals surface area (Å²) < 4.78 is 0. The monoisotopic (exact) mass is 285 g/mol. The molecule has 0 bridgehead atoms. The Labute approximate surface area is 126 Å². The first-order valence-electron chi connectivity index (χ1n) is 7.18. The average Bonchev–Trinajstić information content (AvgIpc) is 2.49. The number of nitrogens with two attached hydrogens (primary N) is 1. The first-order chi connectivity index (χ1) is 9.60. The molecule has 0 saturated carbocycles. The van der Waals surface area contributed by atoms with E-state index in [-0.39, 0.29) is 6.04 Å². The second-order valence-corrected chi connectivity index (χ2v) is 6.71. The molecule has 2 unspecified atom stereocenters. The van der Waals surface area contributed by atoms with Crippen LogP contribution in [0.1, 0.15) is 36.6 Å². The van der Waals surface area contributed by atoms with Crippen LogP contribution in [0.15, 0.2) is 53.4 Å². The second-order valence-electron chi connectivity index (χ2n) is 5.26. The van der Waals surface area contributed by atoms with E-state index in [1.165, 1.54) is 21.6 Å². The Kier molecular flexibility index (Phi) is 5.27. The Balaban J connectivity index is 2.03. The third kappa shape index (κ3) is 3.87. The molecule has 0 saturated heterocycles. The third-order valence-electron chi connectivity index (χ3n) is 3.62. The second kappa shape index (κ2) is 6.96. The minimum atomic E-state index is 0.0622. The highest BCUT2D eigenvalue weighted by molar-refractivity contribution is 8.00. The lowest BCUT2D eigenvalue weighted by Gasteiger charge is -2.20. The van der Waals surface area contributed by atoms with E-state index in [2.05, 4.69) is 69.3 Å². The molecule has 0 heterocycles. The standard InChI is InChI=1S/C18H23NS/c1-4-15-7-9-16(10-8-15)18(19)14(3)20-17-11-5-13(2)6-12-17/h5-12,14,18H,4,19H2,1-3H3. The molecule has 0 aliphatic rings. The molecule has 2 aromatic rings. The van der Waals surface area contributed by atoms with Gasteiger partial charge in [-0.3, -0.25) is 0 Å². The van der Waals surface area contributed by atoms with E-state index in [1.807, 2.05) is 11.8 Å². The van der Waals surface area contributed by atoms with Crippen molar-refractivity contribution in [3.63, 3.8) is 0 Å². The number of thioether (sulfide) groups is 1. The van der Waals surface area contributed by atoms with Crippen LogP contribution in [-0.2, 0) is 6.42 Å². The van der Waals surface area contributed by atoms with Crippen molar-refractivity contribution in [2.24, 2.45) is 5.73 Å². The van der Waals surface area contributed by atoms with E-state index in [0.717, 1.165) is 6.42 Å². The lowest BCUT2D eigenvalue weighted by molar-refractivity contribution is 0.714. The molecule has 0 amide bonds. The van der Waals surface area contributed by atoms with Crippen molar-refractivity contribution in [3.8, 4) is 0 Å². The van der Waals surface area contributed by atoms with Crippen molar-refractivity contribution in [1.82, 2.24) is 0 Å². The summed E-state index contributed by atoms with van der Waals surface area (Å²) in [5.74, 6) is 0. The zero-order valence-corrected chi connectivity index (χ0v) is 13.3. The van der Waals surface area contributed by atoms with Gasteiger partial charge in [-0.15, -0.1) is 11.8 Å². The Morgan fingerprint density at radius 2 is 1.60 bits per heavy atom. The minimum absolute atomic E-state index is 0.0622. The predicted octanol–water partition coefficient (Wildman–Crippen LogP) is 4.74. The predicted molar refractivity (Wildman–Crippen MR) is 89.2 cm³/mol. The third-order valence-corrected chi connectivity index (χ3v) is 4.83. The van der Waals surface area contributed by atoms with Crippen molar-refractivity contribution < 1.29 is 0 Å². The Hall–Kier alpha value is -1.25. The highest BCUT2D eigenvalue weighted by Gasteiger charge is 2.16. The zero-order valence-electron chi connectivity index (χ0n) is 12.5. The first kappa shape index (κ1) is 15.1. The van der Waals surface area contributed by atoms with Crippen molar-refractivity contribution in [1.29, 1.82) is 0 Å². The van der Waals surface area contributed by atoms with Gasteiger partial charge < -0.3 is 5.73 Å². The van der Waals surface area contributed by atoms with Gasteiger partial charge in [-0.25, -0.2) is 0 Å². The van der Waals surface area contributed by atoms with Crippen molar-refractivity contribution >= 4 is 11.8 Å². The van der Waals surface area contributed by atoms with Gasteiger partial charge in [-0.05, 0) is 36.6 Å². The maximum Gasteiger partial charge on any atom is 0.0416 e. The van der Waals surface area contributed by atoms with Gasteiger partial charge in [-0.2, -0.15) is 0 Å². The van der Waals surface area contributed by atoms with E-state index in [0.29, 0.717) is 5.25 Å². The van der Waals surface area contributed by atoms with Crippen LogP contribution >= 0.6 is 11.8 Å². The van der Waals surface area contributed by atoms with Gasteiger partial charge in [0.2, 0.25) is 0 Å². The molecule has 0 aromatic heterocycles. The summed E-state index contributed by atoms with van der Waals surface area (Å²) in [6.45, 7) is 6.48. The largest absolute Gasteiger partial charge is 0.323 e. The summed E-state index contributed by atoms with van der Waals surface area (Å²) in [7, 11) is 0. The number of aryl methyl sites for hydroxylation is 2. The summed E-state index contributed by atoms with van der Waals surface area (Å²) in [6, 6.07) is 17.4. The lowest BCUT2D eigenvalue weighted by Crippen LogP contribution is -2.21. The van der Waals surface area contributed by atoms with Crippen LogP contribution < -0.4 is 5.73 Å². The Morgan fingerprint density at radius 1 is 1.00 bits per heavy atom. The van der Waals surface area contributed by atoms with Gasteiger partial charge in [0.05, 0.1) is 0 Å². The topological polar surface area (TPSA) is 26.0 Å². The summed E-state index contributed by atoms with van der Waals surface area (Å²) in [4.78, 5) is 1.28. The van der Waals surface area contributed by atoms with E-state index in [1.54, 1.807) is 0 Å². The molecular weight excluding hydrogens is 262 g/mol. The first-order valence-corrected chi connectivity index (χ1v) is 8.06. The molecule has 106 valence electrons. The maximum absolute atomic E-state index is 6.39. The summed E-state index contributed by atoms with van der Waals surface area (Å²) in [5.41, 5.74) is 10.3. The fourth-order valence-corrected chi connectivity index (χ4v) is 3.18. The average molecular weight is 285 g/mol. The summed E-state index contributed by atoms with van der Waals surface area (Å²) in [5, 5.41) is 0.352. The van der Waals surface area contributed by atoms with Gasteiger partial charge in [0.25, 0.3) is 0 Å². The van der Waals surface area contributed by atoms with E-state index in [9.17, 15) is 0 Å². The molecule has 2 atom stereocenters. The quantitative estimate of drug-likeness (QED) is 0.803. The number of rotatable bonds is 5. The number of hydrogen-bond donors (Lipinski definition) is 1. The zero-order chi connectivity index (χ0) is 14.5. The normalized spacial score (nSPS) is 14.0. The minimum Gasteiger partial charge on any atom is -0.323 e. The molecule has 0 aliphatic carbocycles. The van der Waals surface area contributed by atoms with E-state index < -0.39 is 0 Å². The van der Waals surface area contributed by atoms with Crippen LogP contribution in [0.3, 0.4) is 0 Å². The van der Waals surface area contributed by atoms with Crippen molar-refractivity contribution in [3.05, 3.63) is 65.2 Å². The molecule has 0 spiro atoms. The number of benzene rings is 2. The lowest BCUT2D eigenvalue weighted by atomic mass is 10.0. The molecular formula is C18H23NS. The van der Waals surface area contributed by atoms with Crippen LogP contribution in [0.5, 0.6) is 0 Å². The molecule has 2 N–H and O–H groups in total. The molecule has 2 aromatic carbocycles. The SMILES string of the molecule is CCc1ccc(C(N)C(C)Sc2ccc(C)cc2)cc1. The van der Waals surface area contributed by atoms with Gasteiger partial charge in [0.15, 0.2) is 0 Å². The van der Waals surface area contributed by atoms with Crippen molar-refractivity contribution in [2.45, 2.75) is 43.4 Å². The van der Waals surface area contributed by atoms with Crippen LogP contribution in [0.4, 0.5) is 0 Å². The van der Waals surface area contributed by atoms with Gasteiger partial charge in [0.1, 0.15) is 0 Å². The highest BCUT2D eigenvalue weighted by Crippen LogP contribution is 2.30. The highest BCUT2D eigenvalue weighted by atomic mass is 32.2. The summed E-state index contributed by atoms with van der Waals surface area (Å²) >= 11 is 1.84. The molecule has 2 rings (SSSR count). The summed E-state index contributed by atoms with van der Waals surface area (Å²) in [6.07, 6.45) is 1.07. The van der Waals surface area contributed by atoms with Gasteiger partial charge in [-0.1, -0.05) is 55.8 Å². The molecule has 2 heteroatoms. The fourth-order valence-electron chi connectivity index (χ4n) is 2.15. The maximum atomic E-state index is 6.39. The molecule has 0 aliphatic heterocycles. The fraction of sp³-hybridized carbons (Fsp3) is 0.333. The molecule has 20 heavy (non-hydrogen) atoms. The van der Waals surface area contributed by atoms with E-state index in [4.69, 9.17) is 5.73 Å². The van der Waals surface area contributed by atoms with Gasteiger partial charge >= 0.3 is 0 Å². The van der Waals surface area contributed by atoms with Crippen LogP contribution in [0.2, 0.25) is 0 Å². The van der Waals surface area contributed by atoms with E-state index >= 15 is 0 Å². The van der Waals surface area contributed by atoms with Crippen LogP contribution in [-0.4, -0.2) is 5.25 Å². The smallest absolute Gasteiger partial charge is 0.0416 e. The van der Waals surface area contributed by atoms with Gasteiger partial charge in [0, 0.05) is 16.2 Å². The van der Waals surface area contributed by atoms with Crippen LogP contribution in [0.25, 0.3) is 0 Å². The Bertz CT molecular complexity index is 530. The van der Waals surface area contributed by atoms with Crippen molar-refractivity contribution in [2.75, 3.05) is 0 Å². The molecule has 0 radical (unpaired) electrons. The molecule has 1 nitrogen and oxygen atoms in total. The number of hydrogen-bond acceptors (Lipinski definition) is 2. The van der Waals surface area contributed by atoms with Crippen LogP contribution in [0, 0.1) is 6.92 Å². The Morgan fingerprint density at radius 3 is 2.15 bits per heavy atom. The molecule has 0 fully saturated rings.